The smallest absolute Gasteiger partial charge is 0.233 e. The van der Waals surface area contributed by atoms with Crippen molar-refractivity contribution >= 4 is 5.91 Å². The van der Waals surface area contributed by atoms with Crippen LogP contribution in [0.1, 0.15) is 32.6 Å². The second-order valence-corrected chi connectivity index (χ2v) is 3.72. The van der Waals surface area contributed by atoms with Gasteiger partial charge < -0.3 is 10.6 Å². The molecule has 1 aliphatic carbocycles. The number of nitrogens with one attached hydrogen (secondary N) is 2. The van der Waals surface area contributed by atoms with E-state index >= 15 is 0 Å². The minimum absolute atomic E-state index is 0.116. The van der Waals surface area contributed by atoms with Crippen LogP contribution in [0, 0.1) is 0 Å². The van der Waals surface area contributed by atoms with E-state index in [1.165, 1.54) is 0 Å². The van der Waals surface area contributed by atoms with Gasteiger partial charge in [-0.3, -0.25) is 4.79 Å². The number of unbranched alkanes of at least 4 members (excludes halogenated alkanes) is 1. The quantitative estimate of drug-likeness (QED) is 0.495. The van der Waals surface area contributed by atoms with Crippen molar-refractivity contribution in [2.45, 2.75) is 38.6 Å². The average molecular weight is 196 g/mol. The van der Waals surface area contributed by atoms with E-state index in [2.05, 4.69) is 29.7 Å². The maximum Gasteiger partial charge on any atom is 0.233 e. The SMILES string of the molecule is CCCCNC(=O)CNC1CC=CC1. The highest BCUT2D eigenvalue weighted by Crippen LogP contribution is 2.08. The molecule has 3 nitrogen and oxygen atoms in total. The Balaban J connectivity index is 1.97. The van der Waals surface area contributed by atoms with Crippen LogP contribution >= 0.6 is 0 Å². The summed E-state index contributed by atoms with van der Waals surface area (Å²) in [5.41, 5.74) is 0. The molecule has 0 radical (unpaired) electrons. The third-order valence-electron chi connectivity index (χ3n) is 2.41. The zero-order chi connectivity index (χ0) is 10.2. The van der Waals surface area contributed by atoms with Gasteiger partial charge in [-0.2, -0.15) is 0 Å². The number of hydrogen-bond donors (Lipinski definition) is 2. The van der Waals surface area contributed by atoms with Gasteiger partial charge in [-0.25, -0.2) is 0 Å². The van der Waals surface area contributed by atoms with E-state index in [1.807, 2.05) is 0 Å². The Kier molecular flexibility index (Phi) is 5.30. The molecule has 0 heterocycles. The lowest BCUT2D eigenvalue weighted by atomic mass is 10.2. The number of carbonyl (C=O) groups is 1. The fourth-order valence-electron chi connectivity index (χ4n) is 1.49. The first-order valence-electron chi connectivity index (χ1n) is 5.48. The molecule has 80 valence electrons. The molecule has 0 bridgehead atoms. The predicted octanol–water partition coefficient (Wildman–Crippen LogP) is 1.21. The summed E-state index contributed by atoms with van der Waals surface area (Å²) in [5.74, 6) is 0.116. The van der Waals surface area contributed by atoms with Crippen molar-refractivity contribution in [3.8, 4) is 0 Å². The molecule has 14 heavy (non-hydrogen) atoms. The van der Waals surface area contributed by atoms with Gasteiger partial charge in [-0.1, -0.05) is 25.5 Å². The summed E-state index contributed by atoms with van der Waals surface area (Å²) >= 11 is 0. The zero-order valence-electron chi connectivity index (χ0n) is 8.88. The van der Waals surface area contributed by atoms with Crippen LogP contribution in [-0.2, 0) is 4.79 Å². The standard InChI is InChI=1S/C11H20N2O/c1-2-3-8-12-11(14)9-13-10-6-4-5-7-10/h4-5,10,13H,2-3,6-9H2,1H3,(H,12,14). The van der Waals surface area contributed by atoms with Crippen LogP contribution in [0.4, 0.5) is 0 Å². The molecular formula is C11H20N2O. The molecule has 0 aliphatic heterocycles. The van der Waals surface area contributed by atoms with Crippen LogP contribution < -0.4 is 10.6 Å². The largest absolute Gasteiger partial charge is 0.355 e. The first-order valence-corrected chi connectivity index (χ1v) is 5.48. The Morgan fingerprint density at radius 2 is 2.14 bits per heavy atom. The van der Waals surface area contributed by atoms with Gasteiger partial charge in [0, 0.05) is 12.6 Å². The minimum Gasteiger partial charge on any atom is -0.355 e. The molecule has 0 atom stereocenters. The lowest BCUT2D eigenvalue weighted by Gasteiger charge is -2.11. The normalized spacial score (nSPS) is 16.1. The Labute approximate surface area is 86.0 Å². The second-order valence-electron chi connectivity index (χ2n) is 3.72. The molecule has 1 aliphatic rings. The summed E-state index contributed by atoms with van der Waals surface area (Å²) in [4.78, 5) is 11.3. The highest BCUT2D eigenvalue weighted by Gasteiger charge is 2.10. The first-order chi connectivity index (χ1) is 6.83. The summed E-state index contributed by atoms with van der Waals surface area (Å²) < 4.78 is 0. The van der Waals surface area contributed by atoms with E-state index < -0.39 is 0 Å². The predicted molar refractivity (Wildman–Crippen MR) is 58.1 cm³/mol. The summed E-state index contributed by atoms with van der Waals surface area (Å²) in [6.45, 7) is 3.38. The van der Waals surface area contributed by atoms with Crippen molar-refractivity contribution in [2.75, 3.05) is 13.1 Å². The van der Waals surface area contributed by atoms with Gasteiger partial charge in [-0.15, -0.1) is 0 Å². The molecule has 0 spiro atoms. The van der Waals surface area contributed by atoms with Crippen molar-refractivity contribution in [3.63, 3.8) is 0 Å². The number of carbonyl (C=O) groups excluding carboxylic acids is 1. The fraction of sp³-hybridized carbons (Fsp3) is 0.727. The molecule has 0 saturated heterocycles. The Bertz CT molecular complexity index is 193. The maximum absolute atomic E-state index is 11.3. The maximum atomic E-state index is 11.3. The van der Waals surface area contributed by atoms with Crippen LogP contribution in [0.5, 0.6) is 0 Å². The van der Waals surface area contributed by atoms with E-state index in [1.54, 1.807) is 0 Å². The molecule has 0 unspecified atom stereocenters. The Morgan fingerprint density at radius 3 is 2.79 bits per heavy atom. The van der Waals surface area contributed by atoms with Crippen LogP contribution in [0.2, 0.25) is 0 Å². The van der Waals surface area contributed by atoms with Crippen LogP contribution in [-0.4, -0.2) is 25.0 Å². The van der Waals surface area contributed by atoms with Gasteiger partial charge in [0.05, 0.1) is 6.54 Å². The van der Waals surface area contributed by atoms with Gasteiger partial charge in [0.1, 0.15) is 0 Å². The van der Waals surface area contributed by atoms with Crippen LogP contribution in [0.15, 0.2) is 12.2 Å². The summed E-state index contributed by atoms with van der Waals surface area (Å²) in [7, 11) is 0. The molecule has 0 aromatic rings. The highest BCUT2D eigenvalue weighted by molar-refractivity contribution is 5.77. The van der Waals surface area contributed by atoms with Crippen molar-refractivity contribution in [3.05, 3.63) is 12.2 Å². The zero-order valence-corrected chi connectivity index (χ0v) is 8.88. The minimum atomic E-state index is 0.116. The lowest BCUT2D eigenvalue weighted by molar-refractivity contribution is -0.120. The number of amides is 1. The van der Waals surface area contributed by atoms with Gasteiger partial charge in [0.15, 0.2) is 0 Å². The van der Waals surface area contributed by atoms with Crippen LogP contribution in [0.25, 0.3) is 0 Å². The van der Waals surface area contributed by atoms with Crippen LogP contribution in [0.3, 0.4) is 0 Å². The molecule has 1 amide bonds. The molecular weight excluding hydrogens is 176 g/mol. The number of hydrogen-bond acceptors (Lipinski definition) is 2. The summed E-state index contributed by atoms with van der Waals surface area (Å²) in [5, 5.41) is 6.12. The number of rotatable bonds is 6. The molecule has 3 heteroatoms. The van der Waals surface area contributed by atoms with E-state index in [0.29, 0.717) is 12.6 Å². The monoisotopic (exact) mass is 196 g/mol. The highest BCUT2D eigenvalue weighted by atomic mass is 16.1. The van der Waals surface area contributed by atoms with Gasteiger partial charge in [0.25, 0.3) is 0 Å². The van der Waals surface area contributed by atoms with Crippen molar-refractivity contribution in [2.24, 2.45) is 0 Å². The fourth-order valence-corrected chi connectivity index (χ4v) is 1.49. The van der Waals surface area contributed by atoms with Gasteiger partial charge in [0.2, 0.25) is 5.91 Å². The van der Waals surface area contributed by atoms with E-state index in [4.69, 9.17) is 0 Å². The third kappa shape index (κ3) is 4.42. The van der Waals surface area contributed by atoms with Gasteiger partial charge in [-0.05, 0) is 19.3 Å². The van der Waals surface area contributed by atoms with Gasteiger partial charge >= 0.3 is 0 Å². The molecule has 0 saturated carbocycles. The molecule has 2 N–H and O–H groups in total. The Morgan fingerprint density at radius 1 is 1.43 bits per heavy atom. The van der Waals surface area contributed by atoms with Crippen molar-refractivity contribution in [1.29, 1.82) is 0 Å². The average Bonchev–Trinajstić information content (AvgIpc) is 2.68. The van der Waals surface area contributed by atoms with E-state index in [9.17, 15) is 4.79 Å². The third-order valence-corrected chi connectivity index (χ3v) is 2.41. The molecule has 0 aromatic heterocycles. The van der Waals surface area contributed by atoms with E-state index in [-0.39, 0.29) is 5.91 Å². The van der Waals surface area contributed by atoms with Crippen molar-refractivity contribution < 1.29 is 4.79 Å². The summed E-state index contributed by atoms with van der Waals surface area (Å²) in [6, 6.07) is 0.479. The second kappa shape index (κ2) is 6.60. The first kappa shape index (κ1) is 11.2. The lowest BCUT2D eigenvalue weighted by Crippen LogP contribution is -2.38. The topological polar surface area (TPSA) is 41.1 Å². The molecule has 0 fully saturated rings. The summed E-state index contributed by atoms with van der Waals surface area (Å²) in [6.07, 6.45) is 8.63. The molecule has 1 rings (SSSR count). The molecule has 0 aromatic carbocycles. The van der Waals surface area contributed by atoms with Crippen molar-refractivity contribution in [1.82, 2.24) is 10.6 Å². The Hall–Kier alpha value is -0.830. The van der Waals surface area contributed by atoms with E-state index in [0.717, 1.165) is 32.2 Å².